The number of anilines is 2. The van der Waals surface area contributed by atoms with Crippen molar-refractivity contribution in [3.63, 3.8) is 0 Å². The minimum Gasteiger partial charge on any atom is -0.360 e. The van der Waals surface area contributed by atoms with Crippen LogP contribution in [-0.4, -0.2) is 29.7 Å². The van der Waals surface area contributed by atoms with E-state index in [1.807, 2.05) is 6.92 Å². The van der Waals surface area contributed by atoms with E-state index in [1.54, 1.807) is 19.2 Å². The summed E-state index contributed by atoms with van der Waals surface area (Å²) >= 11 is 1.19. The number of aromatic nitrogens is 2. The standard InChI is InChI=1S/C12H13FN4OS/c1-3-14-12-16-15-10(19-12)11(18)17(2)9-6-4-8(13)5-7-9/h4-7H,3H2,1-2H3,(H,14,16). The minimum atomic E-state index is -0.338. The van der Waals surface area contributed by atoms with Crippen molar-refractivity contribution in [2.24, 2.45) is 0 Å². The van der Waals surface area contributed by atoms with Gasteiger partial charge in [-0.05, 0) is 31.2 Å². The Kier molecular flexibility index (Phi) is 4.06. The quantitative estimate of drug-likeness (QED) is 0.934. The molecule has 19 heavy (non-hydrogen) atoms. The summed E-state index contributed by atoms with van der Waals surface area (Å²) in [6.45, 7) is 2.66. The number of hydrogen-bond donors (Lipinski definition) is 1. The van der Waals surface area contributed by atoms with Gasteiger partial charge in [-0.15, -0.1) is 10.2 Å². The largest absolute Gasteiger partial charge is 0.360 e. The first-order valence-corrected chi connectivity index (χ1v) is 6.54. The van der Waals surface area contributed by atoms with Gasteiger partial charge in [0, 0.05) is 19.3 Å². The molecule has 1 aromatic heterocycles. The van der Waals surface area contributed by atoms with Crippen molar-refractivity contribution in [2.75, 3.05) is 23.8 Å². The van der Waals surface area contributed by atoms with Gasteiger partial charge in [0.2, 0.25) is 10.1 Å². The van der Waals surface area contributed by atoms with Crippen LogP contribution in [0.3, 0.4) is 0 Å². The fourth-order valence-electron chi connectivity index (χ4n) is 1.46. The summed E-state index contributed by atoms with van der Waals surface area (Å²) in [4.78, 5) is 13.6. The summed E-state index contributed by atoms with van der Waals surface area (Å²) in [5.41, 5.74) is 0.603. The molecule has 0 bridgehead atoms. The van der Waals surface area contributed by atoms with Crippen LogP contribution in [0.5, 0.6) is 0 Å². The van der Waals surface area contributed by atoms with Gasteiger partial charge in [-0.25, -0.2) is 4.39 Å². The third-order valence-corrected chi connectivity index (χ3v) is 3.32. The van der Waals surface area contributed by atoms with Gasteiger partial charge >= 0.3 is 0 Å². The highest BCUT2D eigenvalue weighted by molar-refractivity contribution is 7.17. The van der Waals surface area contributed by atoms with Crippen molar-refractivity contribution >= 4 is 28.1 Å². The Morgan fingerprint density at radius 2 is 2.05 bits per heavy atom. The van der Waals surface area contributed by atoms with E-state index in [0.29, 0.717) is 15.8 Å². The SMILES string of the molecule is CCNc1nnc(C(=O)N(C)c2ccc(F)cc2)s1. The van der Waals surface area contributed by atoms with Crippen molar-refractivity contribution in [2.45, 2.75) is 6.92 Å². The molecule has 0 aliphatic rings. The number of rotatable bonds is 4. The molecule has 1 N–H and O–H groups in total. The second kappa shape index (κ2) is 5.75. The van der Waals surface area contributed by atoms with Gasteiger partial charge in [-0.3, -0.25) is 4.79 Å². The van der Waals surface area contributed by atoms with Crippen molar-refractivity contribution in [3.05, 3.63) is 35.1 Å². The molecule has 1 heterocycles. The normalized spacial score (nSPS) is 10.3. The number of nitrogens with one attached hydrogen (secondary N) is 1. The van der Waals surface area contributed by atoms with Crippen LogP contribution in [0.15, 0.2) is 24.3 Å². The summed E-state index contributed by atoms with van der Waals surface area (Å²) in [7, 11) is 1.61. The van der Waals surface area contributed by atoms with Crippen LogP contribution in [0.4, 0.5) is 15.2 Å². The average Bonchev–Trinajstić information content (AvgIpc) is 2.87. The molecule has 0 fully saturated rings. The van der Waals surface area contributed by atoms with Gasteiger partial charge in [-0.2, -0.15) is 0 Å². The molecule has 0 spiro atoms. The molecule has 7 heteroatoms. The Labute approximate surface area is 114 Å². The van der Waals surface area contributed by atoms with Crippen LogP contribution in [0.25, 0.3) is 0 Å². The van der Waals surface area contributed by atoms with E-state index >= 15 is 0 Å². The van der Waals surface area contributed by atoms with Crippen molar-refractivity contribution in [3.8, 4) is 0 Å². The molecule has 0 aliphatic carbocycles. The monoisotopic (exact) mass is 280 g/mol. The van der Waals surface area contributed by atoms with Crippen molar-refractivity contribution < 1.29 is 9.18 Å². The molecule has 0 atom stereocenters. The number of carbonyl (C=O) groups is 1. The van der Waals surface area contributed by atoms with E-state index in [2.05, 4.69) is 15.5 Å². The van der Waals surface area contributed by atoms with Gasteiger partial charge < -0.3 is 10.2 Å². The average molecular weight is 280 g/mol. The third-order valence-electron chi connectivity index (χ3n) is 2.45. The van der Waals surface area contributed by atoms with E-state index in [9.17, 15) is 9.18 Å². The summed E-state index contributed by atoms with van der Waals surface area (Å²) in [5, 5.41) is 11.6. The number of nitrogens with zero attached hydrogens (tertiary/aromatic N) is 3. The highest BCUT2D eigenvalue weighted by atomic mass is 32.1. The fourth-order valence-corrected chi connectivity index (χ4v) is 2.24. The number of amides is 1. The zero-order valence-electron chi connectivity index (χ0n) is 10.6. The molecular weight excluding hydrogens is 267 g/mol. The summed E-state index contributed by atoms with van der Waals surface area (Å²) in [6.07, 6.45) is 0. The van der Waals surface area contributed by atoms with E-state index in [4.69, 9.17) is 0 Å². The lowest BCUT2D eigenvalue weighted by Gasteiger charge is -2.15. The Morgan fingerprint density at radius 1 is 1.37 bits per heavy atom. The van der Waals surface area contributed by atoms with Gasteiger partial charge in [-0.1, -0.05) is 11.3 Å². The molecule has 100 valence electrons. The lowest BCUT2D eigenvalue weighted by Crippen LogP contribution is -2.26. The van der Waals surface area contributed by atoms with Crippen LogP contribution >= 0.6 is 11.3 Å². The van der Waals surface area contributed by atoms with Crippen molar-refractivity contribution in [1.82, 2.24) is 10.2 Å². The molecule has 0 radical (unpaired) electrons. The maximum absolute atomic E-state index is 12.8. The van der Waals surface area contributed by atoms with E-state index in [1.165, 1.54) is 28.4 Å². The summed E-state index contributed by atoms with van der Waals surface area (Å²) < 4.78 is 12.8. The van der Waals surface area contributed by atoms with E-state index in [-0.39, 0.29) is 11.7 Å². The van der Waals surface area contributed by atoms with Gasteiger partial charge in [0.1, 0.15) is 5.82 Å². The lowest BCUT2D eigenvalue weighted by molar-refractivity contribution is 0.0992. The lowest BCUT2D eigenvalue weighted by atomic mass is 10.3. The van der Waals surface area contributed by atoms with Crippen LogP contribution in [0.2, 0.25) is 0 Å². The molecular formula is C12H13FN4OS. The highest BCUT2D eigenvalue weighted by Gasteiger charge is 2.18. The Balaban J connectivity index is 2.15. The second-order valence-electron chi connectivity index (χ2n) is 3.78. The first-order valence-electron chi connectivity index (χ1n) is 5.73. The first-order chi connectivity index (χ1) is 9.11. The maximum Gasteiger partial charge on any atom is 0.289 e. The van der Waals surface area contributed by atoms with Gasteiger partial charge in [0.05, 0.1) is 0 Å². The van der Waals surface area contributed by atoms with Crippen LogP contribution in [-0.2, 0) is 0 Å². The summed E-state index contributed by atoms with van der Waals surface area (Å²) in [5.74, 6) is -0.608. The number of hydrogen-bond acceptors (Lipinski definition) is 5. The minimum absolute atomic E-state index is 0.270. The number of benzene rings is 1. The van der Waals surface area contributed by atoms with Crippen molar-refractivity contribution in [1.29, 1.82) is 0 Å². The topological polar surface area (TPSA) is 58.1 Å². The Bertz CT molecular complexity index is 569. The predicted octanol–water partition coefficient (Wildman–Crippen LogP) is 2.39. The zero-order valence-corrected chi connectivity index (χ0v) is 11.4. The zero-order chi connectivity index (χ0) is 13.8. The molecule has 0 saturated heterocycles. The predicted molar refractivity (Wildman–Crippen MR) is 73.2 cm³/mol. The van der Waals surface area contributed by atoms with E-state index < -0.39 is 0 Å². The maximum atomic E-state index is 12.8. The molecule has 2 rings (SSSR count). The van der Waals surface area contributed by atoms with Gasteiger partial charge in [0.15, 0.2) is 0 Å². The Morgan fingerprint density at radius 3 is 2.68 bits per heavy atom. The molecule has 1 aromatic carbocycles. The van der Waals surface area contributed by atoms with Crippen LogP contribution < -0.4 is 10.2 Å². The highest BCUT2D eigenvalue weighted by Crippen LogP contribution is 2.20. The molecule has 0 aliphatic heterocycles. The fraction of sp³-hybridized carbons (Fsp3) is 0.250. The molecule has 0 saturated carbocycles. The molecule has 5 nitrogen and oxygen atoms in total. The third kappa shape index (κ3) is 3.05. The smallest absolute Gasteiger partial charge is 0.289 e. The van der Waals surface area contributed by atoms with Crippen LogP contribution in [0.1, 0.15) is 16.7 Å². The summed E-state index contributed by atoms with van der Waals surface area (Å²) in [6, 6.07) is 5.70. The number of halogens is 1. The number of carbonyl (C=O) groups excluding carboxylic acids is 1. The van der Waals surface area contributed by atoms with Crippen LogP contribution in [0, 0.1) is 5.82 Å². The van der Waals surface area contributed by atoms with E-state index in [0.717, 1.165) is 6.54 Å². The second-order valence-corrected chi connectivity index (χ2v) is 4.76. The molecule has 2 aromatic rings. The molecule has 1 amide bonds. The first kappa shape index (κ1) is 13.4. The Hall–Kier alpha value is -2.02. The van der Waals surface area contributed by atoms with Gasteiger partial charge in [0.25, 0.3) is 5.91 Å². The molecule has 0 unspecified atom stereocenters.